The van der Waals surface area contributed by atoms with Crippen LogP contribution >= 0.6 is 0 Å². The van der Waals surface area contributed by atoms with Gasteiger partial charge in [0.05, 0.1) is 0 Å². The molecule has 0 heterocycles. The second kappa shape index (κ2) is 36.5. The van der Waals surface area contributed by atoms with Gasteiger partial charge < -0.3 is 20.4 Å². The minimum absolute atomic E-state index is 0. The third-order valence-electron chi connectivity index (χ3n) is 4.86. The minimum Gasteiger partial charge on any atom is -0.508 e. The molecule has 0 amide bonds. The third kappa shape index (κ3) is 33.8. The highest BCUT2D eigenvalue weighted by Gasteiger charge is 1.88. The minimum atomic E-state index is 0. The molecule has 0 aliphatic rings. The lowest BCUT2D eigenvalue weighted by Gasteiger charge is -1.97. The van der Waals surface area contributed by atoms with Crippen molar-refractivity contribution in [1.29, 1.82) is 0 Å². The lowest BCUT2D eigenvalue weighted by atomic mass is 10.1. The van der Waals surface area contributed by atoms with Crippen LogP contribution in [0, 0.1) is 0 Å². The molecule has 0 aliphatic heterocycles. The van der Waals surface area contributed by atoms with E-state index in [1.165, 1.54) is 24.0 Å². The van der Waals surface area contributed by atoms with Gasteiger partial charge in [0.25, 0.3) is 0 Å². The fourth-order valence-corrected chi connectivity index (χ4v) is 2.72. The summed E-state index contributed by atoms with van der Waals surface area (Å²) >= 11 is 0. The summed E-state index contributed by atoms with van der Waals surface area (Å²) in [4.78, 5) is 0. The number of hydrogen-bond acceptors (Lipinski definition) is 4. The Morgan fingerprint density at radius 1 is 0.304 bits per heavy atom. The lowest BCUT2D eigenvalue weighted by Crippen LogP contribution is -1.81. The van der Waals surface area contributed by atoms with Crippen LogP contribution in [0.2, 0.25) is 0 Å². The summed E-state index contributed by atoms with van der Waals surface area (Å²) in [6, 6.07) is 43.7. The number of aryl methyl sites for hydroxylation is 2. The van der Waals surface area contributed by atoms with Crippen molar-refractivity contribution < 1.29 is 20.4 Å². The Balaban J connectivity index is -0.000000229. The summed E-state index contributed by atoms with van der Waals surface area (Å²) in [5.41, 5.74) is 2.86. The van der Waals surface area contributed by atoms with Gasteiger partial charge in [0, 0.05) is 0 Å². The first-order valence-corrected chi connectivity index (χ1v) is 15.3. The number of para-hydroxylation sites is 4. The number of phenols is 4. The van der Waals surface area contributed by atoms with Crippen molar-refractivity contribution in [3.8, 4) is 23.0 Å². The zero-order valence-electron chi connectivity index (χ0n) is 27.5. The first-order valence-electron chi connectivity index (χ1n) is 15.3. The molecule has 4 N–H and O–H groups in total. The molecule has 0 radical (unpaired) electrons. The van der Waals surface area contributed by atoms with Crippen LogP contribution in [0.3, 0.4) is 0 Å². The lowest BCUT2D eigenvalue weighted by molar-refractivity contribution is 0.475. The van der Waals surface area contributed by atoms with E-state index in [2.05, 4.69) is 65.8 Å². The number of benzene rings is 5. The molecule has 0 bridgehead atoms. The topological polar surface area (TPSA) is 80.9 Å². The summed E-state index contributed by atoms with van der Waals surface area (Å²) in [6.07, 6.45) is 4.79. The molecule has 0 saturated heterocycles. The highest BCUT2D eigenvalue weighted by atomic mass is 16.3. The van der Waals surface area contributed by atoms with E-state index >= 15 is 0 Å². The maximum atomic E-state index is 8.63. The zero-order valence-corrected chi connectivity index (χ0v) is 27.5. The summed E-state index contributed by atoms with van der Waals surface area (Å²) < 4.78 is 0. The quantitative estimate of drug-likeness (QED) is 0.156. The van der Waals surface area contributed by atoms with Crippen molar-refractivity contribution in [1.82, 2.24) is 0 Å². The fourth-order valence-electron chi connectivity index (χ4n) is 2.72. The molecule has 0 spiro atoms. The molecule has 5 aromatic carbocycles. The van der Waals surface area contributed by atoms with Gasteiger partial charge in [-0.05, 0) is 72.5 Å². The van der Waals surface area contributed by atoms with Crippen LogP contribution < -0.4 is 0 Å². The van der Waals surface area contributed by atoms with Crippen molar-refractivity contribution in [2.45, 2.75) is 82.1 Å². The van der Waals surface area contributed by atoms with Gasteiger partial charge in [0.2, 0.25) is 0 Å². The molecule has 0 aliphatic carbocycles. The van der Waals surface area contributed by atoms with Crippen LogP contribution in [-0.2, 0) is 12.8 Å². The molecule has 4 heteroatoms. The van der Waals surface area contributed by atoms with E-state index in [1.54, 1.807) is 97.1 Å². The molecule has 254 valence electrons. The molecule has 5 aromatic rings. The van der Waals surface area contributed by atoms with Gasteiger partial charge in [-0.2, -0.15) is 0 Å². The molecule has 0 fully saturated rings. The Hall–Kier alpha value is -4.70. The largest absolute Gasteiger partial charge is 0.508 e. The second-order valence-corrected chi connectivity index (χ2v) is 9.28. The van der Waals surface area contributed by atoms with Crippen LogP contribution in [0.25, 0.3) is 0 Å². The summed E-state index contributed by atoms with van der Waals surface area (Å²) in [6.45, 7) is 12.9. The Morgan fingerprint density at radius 3 is 0.543 bits per heavy atom. The van der Waals surface area contributed by atoms with Gasteiger partial charge in [0.15, 0.2) is 0 Å². The van der Waals surface area contributed by atoms with Gasteiger partial charge in [-0.1, -0.05) is 166 Å². The van der Waals surface area contributed by atoms with Gasteiger partial charge >= 0.3 is 0 Å². The van der Waals surface area contributed by atoms with E-state index in [-0.39, 0.29) is 14.9 Å². The van der Waals surface area contributed by atoms with Crippen molar-refractivity contribution in [3.63, 3.8) is 0 Å². The van der Waals surface area contributed by atoms with E-state index in [0.717, 1.165) is 12.8 Å². The van der Waals surface area contributed by atoms with Crippen LogP contribution in [0.1, 0.15) is 80.4 Å². The van der Waals surface area contributed by atoms with E-state index in [4.69, 9.17) is 20.4 Å². The zero-order chi connectivity index (χ0) is 33.3. The number of rotatable bonds is 2. The van der Waals surface area contributed by atoms with E-state index in [9.17, 15) is 0 Å². The Kier molecular flexibility index (Phi) is 38.2. The maximum absolute atomic E-state index is 8.63. The molecule has 0 unspecified atom stereocenters. The van der Waals surface area contributed by atoms with Crippen molar-refractivity contribution in [3.05, 3.63) is 157 Å². The van der Waals surface area contributed by atoms with Gasteiger partial charge in [0.1, 0.15) is 23.0 Å². The second-order valence-electron chi connectivity index (χ2n) is 9.28. The van der Waals surface area contributed by atoms with Crippen molar-refractivity contribution in [2.24, 2.45) is 0 Å². The monoisotopic (exact) mass is 630 g/mol. The fraction of sp³-hybridized carbons (Fsp3) is 0.286. The number of hydrogen-bond donors (Lipinski definition) is 4. The highest BCUT2D eigenvalue weighted by molar-refractivity contribution is 5.22. The standard InChI is InChI=1S/C10H14.4C6H6O.2C3H8.2CH4/c1-3-9-5-7-10(4-2)8-6-9;4*7-6-4-2-1-3-5-6;2*1-3-2;;/h5-8H,3-4H2,1-2H3;4*1-5,7H;2*3H2,1-2H3;2*1H4. The molecule has 5 rings (SSSR count). The first kappa shape index (κ1) is 48.2. The first-order chi connectivity index (χ1) is 21.3. The Morgan fingerprint density at radius 2 is 0.457 bits per heavy atom. The van der Waals surface area contributed by atoms with Crippen molar-refractivity contribution >= 4 is 0 Å². The molecule has 0 aromatic heterocycles. The van der Waals surface area contributed by atoms with Crippen molar-refractivity contribution in [2.75, 3.05) is 0 Å². The predicted octanol–water partition coefficient (Wildman–Crippen LogP) is 12.5. The SMILES string of the molecule is C.C.CCC.CCC.CCc1ccc(CC)cc1.Oc1ccccc1.Oc1ccccc1.Oc1ccccc1.Oc1ccccc1. The highest BCUT2D eigenvalue weighted by Crippen LogP contribution is 2.06. The Bertz CT molecular complexity index is 1040. The third-order valence-corrected chi connectivity index (χ3v) is 4.86. The normalized spacial score (nSPS) is 8.13. The molecule has 4 nitrogen and oxygen atoms in total. The van der Waals surface area contributed by atoms with Gasteiger partial charge in [-0.25, -0.2) is 0 Å². The summed E-state index contributed by atoms with van der Waals surface area (Å²) in [5.74, 6) is 1.29. The summed E-state index contributed by atoms with van der Waals surface area (Å²) in [7, 11) is 0. The molecular weight excluding hydrogens is 568 g/mol. The maximum Gasteiger partial charge on any atom is 0.115 e. The molecular formula is C42H62O4. The van der Waals surface area contributed by atoms with Crippen LogP contribution in [0.15, 0.2) is 146 Å². The molecule has 0 saturated carbocycles. The average molecular weight is 631 g/mol. The van der Waals surface area contributed by atoms with Crippen LogP contribution in [0.5, 0.6) is 23.0 Å². The van der Waals surface area contributed by atoms with Crippen LogP contribution in [-0.4, -0.2) is 20.4 Å². The van der Waals surface area contributed by atoms with Gasteiger partial charge in [-0.3, -0.25) is 0 Å². The van der Waals surface area contributed by atoms with E-state index in [0.29, 0.717) is 23.0 Å². The molecule has 46 heavy (non-hydrogen) atoms. The smallest absolute Gasteiger partial charge is 0.115 e. The number of phenolic OH excluding ortho intramolecular Hbond substituents is 4. The van der Waals surface area contributed by atoms with E-state index in [1.807, 2.05) is 24.3 Å². The summed E-state index contributed by atoms with van der Waals surface area (Å²) in [5, 5.41) is 34.5. The van der Waals surface area contributed by atoms with Crippen LogP contribution in [0.4, 0.5) is 0 Å². The average Bonchev–Trinajstić information content (AvgIpc) is 3.05. The molecule has 0 atom stereocenters. The Labute approximate surface area is 281 Å². The number of aromatic hydroxyl groups is 4. The van der Waals surface area contributed by atoms with Gasteiger partial charge in [-0.15, -0.1) is 0 Å². The van der Waals surface area contributed by atoms with E-state index < -0.39 is 0 Å². The predicted molar refractivity (Wildman–Crippen MR) is 203 cm³/mol.